The van der Waals surface area contributed by atoms with Gasteiger partial charge >= 0.3 is 0 Å². The summed E-state index contributed by atoms with van der Waals surface area (Å²) < 4.78 is 5.84. The third kappa shape index (κ3) is 4.76. The Hall–Kier alpha value is -2.03. The first-order chi connectivity index (χ1) is 10.7. The highest BCUT2D eigenvalue weighted by atomic mass is 16.5. The smallest absolute Gasteiger partial charge is 0.216 e. The van der Waals surface area contributed by atoms with Crippen molar-refractivity contribution >= 4 is 16.7 Å². The summed E-state index contributed by atoms with van der Waals surface area (Å²) in [6, 6.07) is 12.5. The van der Waals surface area contributed by atoms with Crippen LogP contribution in [0.15, 0.2) is 36.4 Å². The van der Waals surface area contributed by atoms with Crippen LogP contribution in [0.5, 0.6) is 5.75 Å². The molecule has 0 radical (unpaired) electrons. The van der Waals surface area contributed by atoms with Crippen molar-refractivity contribution in [2.24, 2.45) is 0 Å². The average molecular weight is 299 g/mol. The minimum Gasteiger partial charge on any atom is -0.494 e. The molecule has 0 spiro atoms. The molecule has 0 aliphatic carbocycles. The molecule has 0 saturated carbocycles. The third-order valence-corrected chi connectivity index (χ3v) is 3.73. The standard InChI is InChI=1S/C19H25NO2/c1-3-4-5-13-22-18-10-9-16-7-6-8-17(19(16)14-18)11-12-20-15(2)21/h6-10,14H,3-5,11-13H2,1-2H3,(H,20,21). The fourth-order valence-corrected chi connectivity index (χ4v) is 2.54. The second-order valence-corrected chi connectivity index (χ2v) is 5.59. The number of fused-ring (bicyclic) bond motifs is 1. The summed E-state index contributed by atoms with van der Waals surface area (Å²) in [6.07, 6.45) is 4.33. The van der Waals surface area contributed by atoms with E-state index in [-0.39, 0.29) is 5.91 Å². The first kappa shape index (κ1) is 16.3. The molecule has 2 aromatic rings. The van der Waals surface area contributed by atoms with Crippen molar-refractivity contribution in [1.82, 2.24) is 5.32 Å². The zero-order valence-corrected chi connectivity index (χ0v) is 13.5. The number of hydrogen-bond donors (Lipinski definition) is 1. The number of rotatable bonds is 8. The van der Waals surface area contributed by atoms with Gasteiger partial charge in [-0.2, -0.15) is 0 Å². The summed E-state index contributed by atoms with van der Waals surface area (Å²) in [4.78, 5) is 11.0. The molecule has 2 rings (SSSR count). The van der Waals surface area contributed by atoms with Crippen molar-refractivity contribution in [3.63, 3.8) is 0 Å². The van der Waals surface area contributed by atoms with Gasteiger partial charge in [0.15, 0.2) is 0 Å². The normalized spacial score (nSPS) is 10.6. The van der Waals surface area contributed by atoms with E-state index >= 15 is 0 Å². The van der Waals surface area contributed by atoms with Crippen LogP contribution in [0.25, 0.3) is 10.8 Å². The summed E-state index contributed by atoms with van der Waals surface area (Å²) in [7, 11) is 0. The summed E-state index contributed by atoms with van der Waals surface area (Å²) in [5.41, 5.74) is 1.24. The lowest BCUT2D eigenvalue weighted by Gasteiger charge is -2.10. The highest BCUT2D eigenvalue weighted by molar-refractivity contribution is 5.87. The first-order valence-electron chi connectivity index (χ1n) is 8.09. The van der Waals surface area contributed by atoms with Gasteiger partial charge in [0.25, 0.3) is 0 Å². The van der Waals surface area contributed by atoms with Crippen LogP contribution in [0.4, 0.5) is 0 Å². The van der Waals surface area contributed by atoms with Crippen molar-refractivity contribution in [2.75, 3.05) is 13.2 Å². The van der Waals surface area contributed by atoms with Crippen LogP contribution in [0, 0.1) is 0 Å². The molecule has 0 fully saturated rings. The zero-order valence-electron chi connectivity index (χ0n) is 13.5. The molecule has 1 N–H and O–H groups in total. The van der Waals surface area contributed by atoms with Gasteiger partial charge in [0.05, 0.1) is 6.61 Å². The van der Waals surface area contributed by atoms with Gasteiger partial charge < -0.3 is 10.1 Å². The van der Waals surface area contributed by atoms with Gasteiger partial charge in [0.2, 0.25) is 5.91 Å². The second kappa shape index (κ2) is 8.42. The maximum atomic E-state index is 11.0. The Balaban J connectivity index is 2.09. The van der Waals surface area contributed by atoms with Gasteiger partial charge in [0, 0.05) is 13.5 Å². The molecular weight excluding hydrogens is 274 g/mol. The van der Waals surface area contributed by atoms with Crippen molar-refractivity contribution in [2.45, 2.75) is 39.5 Å². The monoisotopic (exact) mass is 299 g/mol. The minimum atomic E-state index is 0.0141. The minimum absolute atomic E-state index is 0.0141. The van der Waals surface area contributed by atoms with E-state index in [0.29, 0.717) is 6.54 Å². The number of carbonyl (C=O) groups excluding carboxylic acids is 1. The van der Waals surface area contributed by atoms with Crippen LogP contribution >= 0.6 is 0 Å². The lowest BCUT2D eigenvalue weighted by Crippen LogP contribution is -2.22. The number of ether oxygens (including phenoxy) is 1. The first-order valence-corrected chi connectivity index (χ1v) is 8.09. The number of hydrogen-bond acceptors (Lipinski definition) is 2. The average Bonchev–Trinajstić information content (AvgIpc) is 2.51. The highest BCUT2D eigenvalue weighted by Crippen LogP contribution is 2.24. The van der Waals surface area contributed by atoms with E-state index in [1.807, 2.05) is 6.07 Å². The molecule has 1 amide bonds. The summed E-state index contributed by atoms with van der Waals surface area (Å²) >= 11 is 0. The van der Waals surface area contributed by atoms with Gasteiger partial charge in [-0.1, -0.05) is 44.0 Å². The molecule has 3 nitrogen and oxygen atoms in total. The Kier molecular flexibility index (Phi) is 6.26. The molecule has 0 aliphatic heterocycles. The van der Waals surface area contributed by atoms with Crippen LogP contribution in [0.2, 0.25) is 0 Å². The SMILES string of the molecule is CCCCCOc1ccc2cccc(CCNC(C)=O)c2c1. The fourth-order valence-electron chi connectivity index (χ4n) is 2.54. The van der Waals surface area contributed by atoms with Crippen LogP contribution in [0.3, 0.4) is 0 Å². The second-order valence-electron chi connectivity index (χ2n) is 5.59. The summed E-state index contributed by atoms with van der Waals surface area (Å²) in [5, 5.41) is 5.27. The molecule has 0 unspecified atom stereocenters. The Morgan fingerprint density at radius 2 is 2.05 bits per heavy atom. The van der Waals surface area contributed by atoms with E-state index in [0.717, 1.165) is 25.2 Å². The van der Waals surface area contributed by atoms with Gasteiger partial charge in [-0.3, -0.25) is 4.79 Å². The highest BCUT2D eigenvalue weighted by Gasteiger charge is 2.04. The number of unbranched alkanes of at least 4 members (excludes halogenated alkanes) is 2. The molecule has 0 bridgehead atoms. The van der Waals surface area contributed by atoms with Gasteiger partial charge in [-0.05, 0) is 41.3 Å². The van der Waals surface area contributed by atoms with Crippen LogP contribution in [-0.2, 0) is 11.2 Å². The molecule has 118 valence electrons. The van der Waals surface area contributed by atoms with E-state index in [4.69, 9.17) is 4.74 Å². The topological polar surface area (TPSA) is 38.3 Å². The Morgan fingerprint density at radius 3 is 2.82 bits per heavy atom. The lowest BCUT2D eigenvalue weighted by atomic mass is 10.0. The lowest BCUT2D eigenvalue weighted by molar-refractivity contribution is -0.118. The molecular formula is C19H25NO2. The van der Waals surface area contributed by atoms with Crippen molar-refractivity contribution in [1.29, 1.82) is 0 Å². The van der Waals surface area contributed by atoms with Crippen LogP contribution < -0.4 is 10.1 Å². The van der Waals surface area contributed by atoms with Crippen molar-refractivity contribution in [3.05, 3.63) is 42.0 Å². The zero-order chi connectivity index (χ0) is 15.8. The van der Waals surface area contributed by atoms with Gasteiger partial charge in [0.1, 0.15) is 5.75 Å². The van der Waals surface area contributed by atoms with Gasteiger partial charge in [-0.25, -0.2) is 0 Å². The maximum absolute atomic E-state index is 11.0. The van der Waals surface area contributed by atoms with Crippen molar-refractivity contribution < 1.29 is 9.53 Å². The van der Waals surface area contributed by atoms with Crippen LogP contribution in [0.1, 0.15) is 38.7 Å². The van der Waals surface area contributed by atoms with E-state index in [9.17, 15) is 4.79 Å². The number of benzene rings is 2. The number of carbonyl (C=O) groups is 1. The molecule has 3 heteroatoms. The Labute approximate surface area is 132 Å². The van der Waals surface area contributed by atoms with E-state index < -0.39 is 0 Å². The predicted octanol–water partition coefficient (Wildman–Crippen LogP) is 4.09. The fraction of sp³-hybridized carbons (Fsp3) is 0.421. The molecule has 2 aromatic carbocycles. The predicted molar refractivity (Wildman–Crippen MR) is 91.4 cm³/mol. The van der Waals surface area contributed by atoms with E-state index in [1.54, 1.807) is 6.92 Å². The number of nitrogens with one attached hydrogen (secondary N) is 1. The van der Waals surface area contributed by atoms with Crippen molar-refractivity contribution in [3.8, 4) is 5.75 Å². The Bertz CT molecular complexity index is 622. The van der Waals surface area contributed by atoms with Gasteiger partial charge in [-0.15, -0.1) is 0 Å². The summed E-state index contributed by atoms with van der Waals surface area (Å²) in [6.45, 7) is 5.17. The van der Waals surface area contributed by atoms with E-state index in [1.165, 1.54) is 29.2 Å². The molecule has 22 heavy (non-hydrogen) atoms. The summed E-state index contributed by atoms with van der Waals surface area (Å²) in [5.74, 6) is 0.941. The molecule has 0 aliphatic rings. The molecule has 0 saturated heterocycles. The largest absolute Gasteiger partial charge is 0.494 e. The quantitative estimate of drug-likeness (QED) is 0.746. The third-order valence-electron chi connectivity index (χ3n) is 3.73. The molecule has 0 heterocycles. The maximum Gasteiger partial charge on any atom is 0.216 e. The van der Waals surface area contributed by atoms with E-state index in [2.05, 4.69) is 42.6 Å². The Morgan fingerprint density at radius 1 is 1.18 bits per heavy atom. The van der Waals surface area contributed by atoms with Crippen LogP contribution in [-0.4, -0.2) is 19.1 Å². The number of amides is 1. The molecule has 0 atom stereocenters. The molecule has 0 aromatic heterocycles.